The van der Waals surface area contributed by atoms with Gasteiger partial charge >= 0.3 is 0 Å². The topological polar surface area (TPSA) is 0 Å². The molecule has 0 fully saturated rings. The number of hydrogen-bond acceptors (Lipinski definition) is 0. The van der Waals surface area contributed by atoms with E-state index in [0.717, 1.165) is 0 Å². The van der Waals surface area contributed by atoms with Crippen LogP contribution in [-0.4, -0.2) is 0 Å². The van der Waals surface area contributed by atoms with Crippen LogP contribution in [0, 0.1) is 20.8 Å². The number of hydrogen-bond donors (Lipinski definition) is 0. The summed E-state index contributed by atoms with van der Waals surface area (Å²) < 4.78 is 0. The molecule has 1 aromatic rings. The summed E-state index contributed by atoms with van der Waals surface area (Å²) in [6.45, 7) is 6.39. The van der Waals surface area contributed by atoms with E-state index >= 15 is 0 Å². The first kappa shape index (κ1) is 9.91. The average molecular weight is 304 g/mol. The SMILES string of the molecule is Cc1ccc(C)c(C)c1.[W]. The third-order valence-corrected chi connectivity index (χ3v) is 1.66. The average Bonchev–Trinajstić information content (AvgIpc) is 1.80. The number of aryl methyl sites for hydroxylation is 3. The van der Waals surface area contributed by atoms with E-state index in [1.54, 1.807) is 0 Å². The van der Waals surface area contributed by atoms with Crippen LogP contribution >= 0.6 is 0 Å². The zero-order valence-corrected chi connectivity index (χ0v) is 9.57. The maximum atomic E-state index is 2.20. The van der Waals surface area contributed by atoms with Crippen molar-refractivity contribution < 1.29 is 21.1 Å². The molecule has 0 nitrogen and oxygen atoms in total. The van der Waals surface area contributed by atoms with Gasteiger partial charge in [-0.05, 0) is 31.9 Å². The van der Waals surface area contributed by atoms with Gasteiger partial charge in [-0.3, -0.25) is 0 Å². The summed E-state index contributed by atoms with van der Waals surface area (Å²) in [6.07, 6.45) is 0. The van der Waals surface area contributed by atoms with E-state index in [9.17, 15) is 0 Å². The van der Waals surface area contributed by atoms with E-state index in [-0.39, 0.29) is 21.1 Å². The molecule has 0 spiro atoms. The second kappa shape index (κ2) is 3.93. The number of benzene rings is 1. The van der Waals surface area contributed by atoms with Gasteiger partial charge in [0.05, 0.1) is 0 Å². The minimum atomic E-state index is 0. The molecule has 0 aliphatic heterocycles. The van der Waals surface area contributed by atoms with Crippen LogP contribution in [-0.2, 0) is 21.1 Å². The van der Waals surface area contributed by atoms with Crippen LogP contribution in [0.3, 0.4) is 0 Å². The molecule has 1 heteroatoms. The minimum absolute atomic E-state index is 0. The van der Waals surface area contributed by atoms with Crippen LogP contribution in [0.5, 0.6) is 0 Å². The van der Waals surface area contributed by atoms with Crippen LogP contribution < -0.4 is 0 Å². The molecular weight excluding hydrogens is 292 g/mol. The summed E-state index contributed by atoms with van der Waals surface area (Å²) >= 11 is 0. The van der Waals surface area contributed by atoms with Crippen LogP contribution in [0.15, 0.2) is 18.2 Å². The van der Waals surface area contributed by atoms with Crippen LogP contribution in [0.25, 0.3) is 0 Å². The number of rotatable bonds is 0. The summed E-state index contributed by atoms with van der Waals surface area (Å²) in [6, 6.07) is 6.50. The molecule has 0 radical (unpaired) electrons. The summed E-state index contributed by atoms with van der Waals surface area (Å²) in [4.78, 5) is 0. The standard InChI is InChI=1S/C9H12.W/c1-7-4-5-8(2)9(3)6-7;/h4-6H,1-3H3;. The molecule has 0 amide bonds. The Bertz CT molecular complexity index is 216. The molecule has 0 N–H and O–H groups in total. The van der Waals surface area contributed by atoms with Crippen LogP contribution in [0.4, 0.5) is 0 Å². The fraction of sp³-hybridized carbons (Fsp3) is 0.333. The molecule has 0 saturated carbocycles. The van der Waals surface area contributed by atoms with Crippen molar-refractivity contribution in [1.82, 2.24) is 0 Å². The molecule has 0 heterocycles. The molecule has 1 aromatic carbocycles. The molecular formula is C9H12W. The van der Waals surface area contributed by atoms with Crippen molar-refractivity contribution in [2.45, 2.75) is 20.8 Å². The predicted molar refractivity (Wildman–Crippen MR) is 40.7 cm³/mol. The molecule has 1 rings (SSSR count). The summed E-state index contributed by atoms with van der Waals surface area (Å²) in [5.41, 5.74) is 4.11. The van der Waals surface area contributed by atoms with E-state index in [4.69, 9.17) is 0 Å². The summed E-state index contributed by atoms with van der Waals surface area (Å²) in [7, 11) is 0. The normalized spacial score (nSPS) is 8.70. The Balaban J connectivity index is 0.000000810. The third-order valence-electron chi connectivity index (χ3n) is 1.66. The molecule has 0 unspecified atom stereocenters. The zero-order valence-electron chi connectivity index (χ0n) is 6.64. The van der Waals surface area contributed by atoms with Crippen molar-refractivity contribution in [1.29, 1.82) is 0 Å². The summed E-state index contributed by atoms with van der Waals surface area (Å²) in [5.74, 6) is 0. The van der Waals surface area contributed by atoms with E-state index in [1.165, 1.54) is 16.7 Å². The zero-order chi connectivity index (χ0) is 6.85. The van der Waals surface area contributed by atoms with Gasteiger partial charge in [0.1, 0.15) is 0 Å². The smallest absolute Gasteiger partial charge is 0 e. The molecule has 10 heavy (non-hydrogen) atoms. The van der Waals surface area contributed by atoms with Gasteiger partial charge in [0.15, 0.2) is 0 Å². The van der Waals surface area contributed by atoms with Gasteiger partial charge in [-0.2, -0.15) is 0 Å². The van der Waals surface area contributed by atoms with Gasteiger partial charge in [-0.15, -0.1) is 0 Å². The van der Waals surface area contributed by atoms with Gasteiger partial charge < -0.3 is 0 Å². The Morgan fingerprint density at radius 3 is 1.90 bits per heavy atom. The first-order chi connectivity index (χ1) is 4.20. The Hall–Kier alpha value is -0.0917. The molecule has 0 saturated heterocycles. The van der Waals surface area contributed by atoms with E-state index in [0.29, 0.717) is 0 Å². The Kier molecular flexibility index (Phi) is 3.89. The minimum Gasteiger partial charge on any atom is -0.0590 e. The fourth-order valence-corrected chi connectivity index (χ4v) is 0.891. The second-order valence-electron chi connectivity index (χ2n) is 2.59. The Labute approximate surface area is 76.9 Å². The molecule has 0 aliphatic rings. The first-order valence-electron chi connectivity index (χ1n) is 3.24. The molecule has 54 valence electrons. The van der Waals surface area contributed by atoms with Crippen molar-refractivity contribution >= 4 is 0 Å². The van der Waals surface area contributed by atoms with Gasteiger partial charge in [-0.25, -0.2) is 0 Å². The van der Waals surface area contributed by atoms with E-state index < -0.39 is 0 Å². The second-order valence-corrected chi connectivity index (χ2v) is 2.59. The van der Waals surface area contributed by atoms with Crippen molar-refractivity contribution in [2.75, 3.05) is 0 Å². The van der Waals surface area contributed by atoms with Gasteiger partial charge in [-0.1, -0.05) is 23.8 Å². The molecule has 0 bridgehead atoms. The van der Waals surface area contributed by atoms with Gasteiger partial charge in [0, 0.05) is 21.1 Å². The monoisotopic (exact) mass is 304 g/mol. The summed E-state index contributed by atoms with van der Waals surface area (Å²) in [5, 5.41) is 0. The van der Waals surface area contributed by atoms with Crippen molar-refractivity contribution in [2.24, 2.45) is 0 Å². The molecule has 0 aliphatic carbocycles. The van der Waals surface area contributed by atoms with E-state index in [2.05, 4.69) is 39.0 Å². The van der Waals surface area contributed by atoms with Crippen LogP contribution in [0.2, 0.25) is 0 Å². The third kappa shape index (κ3) is 2.27. The molecule has 0 aromatic heterocycles. The van der Waals surface area contributed by atoms with Crippen molar-refractivity contribution in [3.05, 3.63) is 34.9 Å². The molecule has 0 atom stereocenters. The van der Waals surface area contributed by atoms with Crippen molar-refractivity contribution in [3.63, 3.8) is 0 Å². The Morgan fingerprint density at radius 2 is 1.50 bits per heavy atom. The van der Waals surface area contributed by atoms with Crippen LogP contribution in [0.1, 0.15) is 16.7 Å². The van der Waals surface area contributed by atoms with Gasteiger partial charge in [0.2, 0.25) is 0 Å². The first-order valence-corrected chi connectivity index (χ1v) is 3.24. The largest absolute Gasteiger partial charge is 0.0590 e. The Morgan fingerprint density at radius 1 is 0.900 bits per heavy atom. The predicted octanol–water partition coefficient (Wildman–Crippen LogP) is 2.61. The fourth-order valence-electron chi connectivity index (χ4n) is 0.891. The maximum absolute atomic E-state index is 2.20. The quantitative estimate of drug-likeness (QED) is 0.691. The maximum Gasteiger partial charge on any atom is 0 e. The van der Waals surface area contributed by atoms with Crippen molar-refractivity contribution in [3.8, 4) is 0 Å². The van der Waals surface area contributed by atoms with Gasteiger partial charge in [0.25, 0.3) is 0 Å². The van der Waals surface area contributed by atoms with E-state index in [1.807, 2.05) is 0 Å².